The van der Waals surface area contributed by atoms with Crippen molar-refractivity contribution in [3.8, 4) is 0 Å². The SMILES string of the molecule is C.N[C@H](C(=O)O)[C@H](OCc1ccccc1)C(=O)O. The van der Waals surface area contributed by atoms with Crippen molar-refractivity contribution >= 4 is 11.9 Å². The Bertz CT molecular complexity index is 393. The Morgan fingerprint density at radius 2 is 1.72 bits per heavy atom. The average molecular weight is 255 g/mol. The fourth-order valence-electron chi connectivity index (χ4n) is 1.22. The highest BCUT2D eigenvalue weighted by molar-refractivity contribution is 5.84. The number of hydrogen-bond donors (Lipinski definition) is 3. The summed E-state index contributed by atoms with van der Waals surface area (Å²) in [5.41, 5.74) is 5.97. The zero-order chi connectivity index (χ0) is 12.8. The second-order valence-electron chi connectivity index (χ2n) is 3.42. The molecule has 0 amide bonds. The lowest BCUT2D eigenvalue weighted by Gasteiger charge is -2.17. The molecule has 4 N–H and O–H groups in total. The third-order valence-electron chi connectivity index (χ3n) is 2.13. The van der Waals surface area contributed by atoms with E-state index in [-0.39, 0.29) is 14.0 Å². The van der Waals surface area contributed by atoms with Crippen molar-refractivity contribution in [3.05, 3.63) is 35.9 Å². The molecule has 0 unspecified atom stereocenters. The number of benzene rings is 1. The van der Waals surface area contributed by atoms with Crippen LogP contribution in [0.3, 0.4) is 0 Å². The Kier molecular flexibility index (Phi) is 6.62. The number of carbonyl (C=O) groups is 2. The van der Waals surface area contributed by atoms with Gasteiger partial charge in [0.15, 0.2) is 6.10 Å². The van der Waals surface area contributed by atoms with E-state index >= 15 is 0 Å². The first-order valence-corrected chi connectivity index (χ1v) is 4.89. The number of carboxylic acids is 2. The highest BCUT2D eigenvalue weighted by Gasteiger charge is 2.31. The highest BCUT2D eigenvalue weighted by Crippen LogP contribution is 2.06. The van der Waals surface area contributed by atoms with E-state index in [1.807, 2.05) is 0 Å². The summed E-state index contributed by atoms with van der Waals surface area (Å²) < 4.78 is 5.01. The van der Waals surface area contributed by atoms with Crippen LogP contribution in [0.4, 0.5) is 0 Å². The molecule has 1 rings (SSSR count). The summed E-state index contributed by atoms with van der Waals surface area (Å²) in [7, 11) is 0. The van der Waals surface area contributed by atoms with Crippen LogP contribution in [0.2, 0.25) is 0 Å². The van der Waals surface area contributed by atoms with Gasteiger partial charge in [-0.15, -0.1) is 0 Å². The van der Waals surface area contributed by atoms with Gasteiger partial charge < -0.3 is 20.7 Å². The van der Waals surface area contributed by atoms with Crippen molar-refractivity contribution in [1.29, 1.82) is 0 Å². The maximum absolute atomic E-state index is 10.8. The smallest absolute Gasteiger partial charge is 0.335 e. The maximum atomic E-state index is 10.8. The van der Waals surface area contributed by atoms with Crippen LogP contribution in [-0.2, 0) is 20.9 Å². The fourth-order valence-corrected chi connectivity index (χ4v) is 1.22. The summed E-state index contributed by atoms with van der Waals surface area (Å²) in [6.45, 7) is -0.00120. The number of hydrogen-bond acceptors (Lipinski definition) is 4. The van der Waals surface area contributed by atoms with E-state index in [1.165, 1.54) is 0 Å². The molecular formula is C12H17NO5. The van der Waals surface area contributed by atoms with Gasteiger partial charge in [-0.1, -0.05) is 37.8 Å². The Labute approximate surface area is 105 Å². The largest absolute Gasteiger partial charge is 0.480 e. The molecule has 0 aliphatic heterocycles. The Morgan fingerprint density at radius 1 is 1.17 bits per heavy atom. The van der Waals surface area contributed by atoms with Gasteiger partial charge in [0.05, 0.1) is 6.61 Å². The second kappa shape index (κ2) is 7.41. The molecule has 0 saturated heterocycles. The van der Waals surface area contributed by atoms with Crippen LogP contribution in [0.15, 0.2) is 30.3 Å². The van der Waals surface area contributed by atoms with Gasteiger partial charge in [0.1, 0.15) is 6.04 Å². The van der Waals surface area contributed by atoms with Gasteiger partial charge in [0, 0.05) is 0 Å². The highest BCUT2D eigenvalue weighted by atomic mass is 16.5. The van der Waals surface area contributed by atoms with Gasteiger partial charge in [-0.25, -0.2) is 4.79 Å². The van der Waals surface area contributed by atoms with Crippen molar-refractivity contribution in [3.63, 3.8) is 0 Å². The maximum Gasteiger partial charge on any atom is 0.335 e. The molecule has 0 aromatic heterocycles. The summed E-state index contributed by atoms with van der Waals surface area (Å²) in [4.78, 5) is 21.4. The normalized spacial score (nSPS) is 13.2. The first kappa shape index (κ1) is 16.1. The zero-order valence-corrected chi connectivity index (χ0v) is 8.95. The summed E-state index contributed by atoms with van der Waals surface area (Å²) >= 11 is 0. The Hall–Kier alpha value is -1.92. The van der Waals surface area contributed by atoms with Crippen molar-refractivity contribution in [1.82, 2.24) is 0 Å². The molecule has 18 heavy (non-hydrogen) atoms. The van der Waals surface area contributed by atoms with E-state index in [9.17, 15) is 9.59 Å². The molecule has 0 spiro atoms. The molecule has 0 aliphatic rings. The predicted molar refractivity (Wildman–Crippen MR) is 65.0 cm³/mol. The molecule has 100 valence electrons. The van der Waals surface area contributed by atoms with E-state index in [0.717, 1.165) is 5.56 Å². The number of aliphatic carboxylic acids is 2. The van der Waals surface area contributed by atoms with Crippen LogP contribution in [0.1, 0.15) is 13.0 Å². The van der Waals surface area contributed by atoms with Crippen LogP contribution in [0.25, 0.3) is 0 Å². The van der Waals surface area contributed by atoms with Gasteiger partial charge in [-0.2, -0.15) is 0 Å². The van der Waals surface area contributed by atoms with Crippen LogP contribution in [0.5, 0.6) is 0 Å². The molecule has 0 aliphatic carbocycles. The molecule has 0 bridgehead atoms. The van der Waals surface area contributed by atoms with Crippen molar-refractivity contribution in [2.45, 2.75) is 26.2 Å². The van der Waals surface area contributed by atoms with Crippen LogP contribution >= 0.6 is 0 Å². The lowest BCUT2D eigenvalue weighted by molar-refractivity contribution is -0.159. The number of rotatable bonds is 6. The predicted octanol–water partition coefficient (Wildman–Crippen LogP) is 0.704. The number of ether oxygens (including phenoxy) is 1. The third-order valence-corrected chi connectivity index (χ3v) is 2.13. The van der Waals surface area contributed by atoms with Gasteiger partial charge in [-0.05, 0) is 5.56 Å². The first-order valence-electron chi connectivity index (χ1n) is 4.89. The minimum Gasteiger partial charge on any atom is -0.480 e. The Morgan fingerprint density at radius 3 is 2.17 bits per heavy atom. The summed E-state index contributed by atoms with van der Waals surface area (Å²) in [6, 6.07) is 7.24. The van der Waals surface area contributed by atoms with Gasteiger partial charge in [0.25, 0.3) is 0 Å². The lowest BCUT2D eigenvalue weighted by Crippen LogP contribution is -2.47. The van der Waals surface area contributed by atoms with Crippen LogP contribution < -0.4 is 5.73 Å². The van der Waals surface area contributed by atoms with E-state index in [2.05, 4.69) is 0 Å². The molecule has 0 fully saturated rings. The molecule has 0 heterocycles. The first-order chi connectivity index (χ1) is 8.02. The van der Waals surface area contributed by atoms with Crippen molar-refractivity contribution in [2.24, 2.45) is 5.73 Å². The average Bonchev–Trinajstić information content (AvgIpc) is 2.29. The van der Waals surface area contributed by atoms with E-state index in [0.29, 0.717) is 0 Å². The molecular weight excluding hydrogens is 238 g/mol. The quantitative estimate of drug-likeness (QED) is 0.690. The molecule has 1 aromatic carbocycles. The van der Waals surface area contributed by atoms with E-state index in [1.54, 1.807) is 30.3 Å². The minimum absolute atomic E-state index is 0. The van der Waals surface area contributed by atoms with Crippen LogP contribution in [0, 0.1) is 0 Å². The van der Waals surface area contributed by atoms with Crippen molar-refractivity contribution < 1.29 is 24.5 Å². The molecule has 6 nitrogen and oxygen atoms in total. The van der Waals surface area contributed by atoms with Gasteiger partial charge in [0.2, 0.25) is 0 Å². The summed E-state index contributed by atoms with van der Waals surface area (Å²) in [5, 5.41) is 17.4. The zero-order valence-electron chi connectivity index (χ0n) is 8.95. The fraction of sp³-hybridized carbons (Fsp3) is 0.333. The standard InChI is InChI=1S/C11H13NO5.CH4/c12-8(10(13)14)9(11(15)16)17-6-7-4-2-1-3-5-7;/h1-5,8-9H,6,12H2,(H,13,14)(H,15,16);1H4/t8-,9-;/m0./s1. The second-order valence-corrected chi connectivity index (χ2v) is 3.42. The molecule has 1 aromatic rings. The molecule has 0 radical (unpaired) electrons. The monoisotopic (exact) mass is 255 g/mol. The lowest BCUT2D eigenvalue weighted by atomic mass is 10.1. The minimum atomic E-state index is -1.59. The molecule has 2 atom stereocenters. The van der Waals surface area contributed by atoms with Crippen LogP contribution in [-0.4, -0.2) is 34.3 Å². The van der Waals surface area contributed by atoms with E-state index in [4.69, 9.17) is 20.7 Å². The third kappa shape index (κ3) is 4.52. The van der Waals surface area contributed by atoms with Gasteiger partial charge in [-0.3, -0.25) is 4.79 Å². The topological polar surface area (TPSA) is 110 Å². The van der Waals surface area contributed by atoms with E-state index < -0.39 is 24.1 Å². The molecule has 0 saturated carbocycles. The van der Waals surface area contributed by atoms with Gasteiger partial charge >= 0.3 is 11.9 Å². The van der Waals surface area contributed by atoms with Crippen molar-refractivity contribution in [2.75, 3.05) is 0 Å². The Balaban J connectivity index is 0.00000289. The number of nitrogens with two attached hydrogens (primary N) is 1. The summed E-state index contributed by atoms with van der Waals surface area (Å²) in [6.07, 6.45) is -1.56. The number of carboxylic acid groups (broad SMARTS) is 2. The summed E-state index contributed by atoms with van der Waals surface area (Å²) in [5.74, 6) is -2.80. The molecule has 6 heteroatoms.